The van der Waals surface area contributed by atoms with Gasteiger partial charge in [0.05, 0.1) is 27.0 Å². The summed E-state index contributed by atoms with van der Waals surface area (Å²) in [6.45, 7) is 1.93. The fourth-order valence-electron chi connectivity index (χ4n) is 2.71. The van der Waals surface area contributed by atoms with Gasteiger partial charge in [-0.05, 0) is 25.1 Å². The summed E-state index contributed by atoms with van der Waals surface area (Å²) in [5.74, 6) is -0.118. The van der Waals surface area contributed by atoms with E-state index in [1.807, 2.05) is 50.2 Å². The molecule has 0 atom stereocenters. The Labute approximate surface area is 145 Å². The molecule has 0 saturated carbocycles. The number of anilines is 2. The first kappa shape index (κ1) is 15.9. The number of fused-ring (bicyclic) bond motifs is 1. The Morgan fingerprint density at radius 2 is 1.61 bits per heavy atom. The van der Waals surface area contributed by atoms with E-state index in [9.17, 15) is 4.79 Å². The molecular formula is C18H16Cl2N2O. The van der Waals surface area contributed by atoms with E-state index in [1.54, 1.807) is 23.1 Å². The molecular weight excluding hydrogens is 331 g/mol. The van der Waals surface area contributed by atoms with Crippen LogP contribution in [0.1, 0.15) is 12.5 Å². The molecule has 0 fully saturated rings. The van der Waals surface area contributed by atoms with Gasteiger partial charge in [-0.15, -0.1) is 0 Å². The molecule has 0 aromatic heterocycles. The molecule has 0 aliphatic carbocycles. The Balaban J connectivity index is 2.30. The minimum absolute atomic E-state index is 0.118. The van der Waals surface area contributed by atoms with Crippen LogP contribution in [-0.4, -0.2) is 24.9 Å². The van der Waals surface area contributed by atoms with Gasteiger partial charge in [0.15, 0.2) is 0 Å². The molecule has 0 bridgehead atoms. The van der Waals surface area contributed by atoms with E-state index in [4.69, 9.17) is 23.2 Å². The Bertz CT molecular complexity index is 807. The first-order chi connectivity index (χ1) is 10.9. The van der Waals surface area contributed by atoms with E-state index in [1.165, 1.54) is 0 Å². The zero-order valence-electron chi connectivity index (χ0n) is 13.1. The SMILES string of the molecule is CC(=C1C(=O)N(c2c(Cl)cccc2Cl)c2ccccc21)N(C)C. The number of hydrogen-bond acceptors (Lipinski definition) is 2. The minimum atomic E-state index is -0.118. The molecule has 0 N–H and O–H groups in total. The van der Waals surface area contributed by atoms with Crippen LogP contribution in [0.3, 0.4) is 0 Å². The third-order valence-corrected chi connectivity index (χ3v) is 4.64. The van der Waals surface area contributed by atoms with Gasteiger partial charge in [0.2, 0.25) is 0 Å². The second-order valence-electron chi connectivity index (χ2n) is 5.58. The van der Waals surface area contributed by atoms with Crippen LogP contribution in [0.5, 0.6) is 0 Å². The number of benzene rings is 2. The first-order valence-electron chi connectivity index (χ1n) is 7.19. The Morgan fingerprint density at radius 1 is 1.00 bits per heavy atom. The summed E-state index contributed by atoms with van der Waals surface area (Å²) in [7, 11) is 3.84. The fourth-order valence-corrected chi connectivity index (χ4v) is 3.28. The van der Waals surface area contributed by atoms with E-state index in [0.717, 1.165) is 16.9 Å². The van der Waals surface area contributed by atoms with Crippen LogP contribution in [-0.2, 0) is 4.79 Å². The van der Waals surface area contributed by atoms with Crippen LogP contribution < -0.4 is 4.90 Å². The maximum atomic E-state index is 13.1. The molecule has 1 heterocycles. The van der Waals surface area contributed by atoms with Crippen molar-refractivity contribution in [1.82, 2.24) is 4.90 Å². The molecule has 1 amide bonds. The molecule has 0 radical (unpaired) electrons. The Morgan fingerprint density at radius 3 is 2.22 bits per heavy atom. The standard InChI is InChI=1S/C18H16Cl2N2O/c1-11(21(2)3)16-12-7-4-5-10-15(12)22(18(16)23)17-13(19)8-6-9-14(17)20/h4-10H,1-3H3. The number of allylic oxidation sites excluding steroid dienone is 1. The van der Waals surface area contributed by atoms with E-state index in [0.29, 0.717) is 21.3 Å². The lowest BCUT2D eigenvalue weighted by Crippen LogP contribution is -2.23. The van der Waals surface area contributed by atoms with Gasteiger partial charge in [-0.3, -0.25) is 9.69 Å². The summed E-state index contributed by atoms with van der Waals surface area (Å²) in [6.07, 6.45) is 0. The lowest BCUT2D eigenvalue weighted by molar-refractivity contribution is -0.112. The van der Waals surface area contributed by atoms with Gasteiger partial charge in [-0.1, -0.05) is 47.5 Å². The highest BCUT2D eigenvalue weighted by atomic mass is 35.5. The van der Waals surface area contributed by atoms with Gasteiger partial charge in [0, 0.05) is 25.4 Å². The average molecular weight is 347 g/mol. The van der Waals surface area contributed by atoms with Crippen molar-refractivity contribution in [1.29, 1.82) is 0 Å². The summed E-state index contributed by atoms with van der Waals surface area (Å²) in [5, 5.41) is 0.897. The van der Waals surface area contributed by atoms with Crippen molar-refractivity contribution in [3.63, 3.8) is 0 Å². The van der Waals surface area contributed by atoms with Gasteiger partial charge < -0.3 is 4.90 Å². The van der Waals surface area contributed by atoms with Crippen LogP contribution in [0.25, 0.3) is 5.57 Å². The molecule has 2 aromatic rings. The molecule has 0 unspecified atom stereocenters. The van der Waals surface area contributed by atoms with Gasteiger partial charge in [0.25, 0.3) is 5.91 Å². The summed E-state index contributed by atoms with van der Waals surface area (Å²) in [5.41, 5.74) is 3.77. The number of halogens is 2. The molecule has 2 aromatic carbocycles. The van der Waals surface area contributed by atoms with Crippen LogP contribution in [0.15, 0.2) is 48.2 Å². The maximum absolute atomic E-state index is 13.1. The summed E-state index contributed by atoms with van der Waals surface area (Å²) in [4.78, 5) is 16.7. The summed E-state index contributed by atoms with van der Waals surface area (Å²) in [6, 6.07) is 12.9. The zero-order chi connectivity index (χ0) is 16.7. The quantitative estimate of drug-likeness (QED) is 0.717. The number of nitrogens with zero attached hydrogens (tertiary/aromatic N) is 2. The van der Waals surface area contributed by atoms with Crippen molar-refractivity contribution < 1.29 is 4.79 Å². The van der Waals surface area contributed by atoms with Gasteiger partial charge in [-0.25, -0.2) is 0 Å². The highest BCUT2D eigenvalue weighted by Crippen LogP contribution is 2.47. The predicted octanol–water partition coefficient (Wildman–Crippen LogP) is 4.96. The molecule has 23 heavy (non-hydrogen) atoms. The minimum Gasteiger partial charge on any atom is -0.381 e. The van der Waals surface area contributed by atoms with E-state index < -0.39 is 0 Å². The summed E-state index contributed by atoms with van der Waals surface area (Å²) >= 11 is 12.7. The molecule has 3 rings (SSSR count). The lowest BCUT2D eigenvalue weighted by atomic mass is 10.1. The lowest BCUT2D eigenvalue weighted by Gasteiger charge is -2.20. The first-order valence-corrected chi connectivity index (χ1v) is 7.95. The average Bonchev–Trinajstić information content (AvgIpc) is 2.79. The van der Waals surface area contributed by atoms with Crippen LogP contribution >= 0.6 is 23.2 Å². The largest absolute Gasteiger partial charge is 0.381 e. The predicted molar refractivity (Wildman–Crippen MR) is 96.3 cm³/mol. The van der Waals surface area contributed by atoms with Gasteiger partial charge >= 0.3 is 0 Å². The van der Waals surface area contributed by atoms with Crippen molar-refractivity contribution in [3.05, 3.63) is 63.8 Å². The number of rotatable bonds is 2. The number of hydrogen-bond donors (Lipinski definition) is 0. The second-order valence-corrected chi connectivity index (χ2v) is 6.40. The Hall–Kier alpha value is -1.97. The molecule has 3 nitrogen and oxygen atoms in total. The van der Waals surface area contributed by atoms with Gasteiger partial charge in [0.1, 0.15) is 0 Å². The van der Waals surface area contributed by atoms with Crippen molar-refractivity contribution in [2.45, 2.75) is 6.92 Å². The second kappa shape index (κ2) is 5.91. The Kier molecular flexibility index (Phi) is 4.09. The molecule has 1 aliphatic heterocycles. The van der Waals surface area contributed by atoms with Crippen molar-refractivity contribution >= 4 is 46.1 Å². The summed E-state index contributed by atoms with van der Waals surface area (Å²) < 4.78 is 0. The van der Waals surface area contributed by atoms with E-state index in [-0.39, 0.29) is 5.91 Å². The number of carbonyl (C=O) groups excluding carboxylic acids is 1. The number of para-hydroxylation sites is 2. The molecule has 0 spiro atoms. The third kappa shape index (κ3) is 2.50. The van der Waals surface area contributed by atoms with Crippen molar-refractivity contribution in [3.8, 4) is 0 Å². The highest BCUT2D eigenvalue weighted by molar-refractivity contribution is 6.44. The fraction of sp³-hybridized carbons (Fsp3) is 0.167. The maximum Gasteiger partial charge on any atom is 0.265 e. The normalized spacial score (nSPS) is 15.7. The van der Waals surface area contributed by atoms with Crippen LogP contribution in [0.4, 0.5) is 11.4 Å². The molecule has 0 saturated heterocycles. The van der Waals surface area contributed by atoms with Crippen LogP contribution in [0, 0.1) is 0 Å². The molecule has 5 heteroatoms. The smallest absolute Gasteiger partial charge is 0.265 e. The van der Waals surface area contributed by atoms with Crippen LogP contribution in [0.2, 0.25) is 10.0 Å². The molecule has 118 valence electrons. The number of amides is 1. The number of carbonyl (C=O) groups is 1. The monoisotopic (exact) mass is 346 g/mol. The van der Waals surface area contributed by atoms with Gasteiger partial charge in [-0.2, -0.15) is 0 Å². The molecule has 1 aliphatic rings. The third-order valence-electron chi connectivity index (χ3n) is 4.03. The van der Waals surface area contributed by atoms with E-state index >= 15 is 0 Å². The van der Waals surface area contributed by atoms with E-state index in [2.05, 4.69) is 0 Å². The topological polar surface area (TPSA) is 23.6 Å². The zero-order valence-corrected chi connectivity index (χ0v) is 14.6. The van der Waals surface area contributed by atoms with Crippen molar-refractivity contribution in [2.24, 2.45) is 0 Å². The van der Waals surface area contributed by atoms with Crippen molar-refractivity contribution in [2.75, 3.05) is 19.0 Å². The highest BCUT2D eigenvalue weighted by Gasteiger charge is 2.36.